The van der Waals surface area contributed by atoms with Gasteiger partial charge in [-0.2, -0.15) is 4.98 Å². The monoisotopic (exact) mass is 353 g/mol. The van der Waals surface area contributed by atoms with Crippen molar-refractivity contribution in [3.63, 3.8) is 0 Å². The van der Waals surface area contributed by atoms with Crippen LogP contribution in [-0.4, -0.2) is 41.4 Å². The number of hydrogen-bond acceptors (Lipinski definition) is 6. The number of carbonyl (C=O) groups is 1. The maximum Gasteiger partial charge on any atom is 0.319 e. The average molecular weight is 353 g/mol. The first-order chi connectivity index (χ1) is 12.8. The molecule has 2 amide bonds. The molecule has 0 bridgehead atoms. The third-order valence-electron chi connectivity index (χ3n) is 3.59. The second-order valence-corrected chi connectivity index (χ2v) is 5.46. The fourth-order valence-electron chi connectivity index (χ4n) is 2.33. The van der Waals surface area contributed by atoms with Crippen LogP contribution >= 0.6 is 0 Å². The number of aromatic nitrogens is 3. The van der Waals surface area contributed by atoms with E-state index in [-0.39, 0.29) is 6.03 Å². The first-order valence-electron chi connectivity index (χ1n) is 8.11. The highest BCUT2D eigenvalue weighted by Gasteiger charge is 2.12. The molecule has 0 radical (unpaired) electrons. The zero-order valence-electron chi connectivity index (χ0n) is 14.3. The van der Waals surface area contributed by atoms with E-state index in [1.54, 1.807) is 19.5 Å². The zero-order chi connectivity index (χ0) is 18.2. The largest absolute Gasteiger partial charge is 0.383 e. The predicted molar refractivity (Wildman–Crippen MR) is 95.7 cm³/mol. The molecule has 0 saturated heterocycles. The van der Waals surface area contributed by atoms with Crippen molar-refractivity contribution in [2.75, 3.05) is 25.6 Å². The van der Waals surface area contributed by atoms with Crippen molar-refractivity contribution in [3.8, 4) is 11.4 Å². The predicted octanol–water partition coefficient (Wildman–Crippen LogP) is 2.49. The molecule has 0 spiro atoms. The smallest absolute Gasteiger partial charge is 0.319 e. The molecule has 26 heavy (non-hydrogen) atoms. The number of pyridine rings is 1. The van der Waals surface area contributed by atoms with Crippen molar-refractivity contribution in [2.45, 2.75) is 6.42 Å². The normalized spacial score (nSPS) is 10.5. The molecule has 0 fully saturated rings. The number of amides is 2. The molecule has 0 aliphatic heterocycles. The molecular weight excluding hydrogens is 334 g/mol. The summed E-state index contributed by atoms with van der Waals surface area (Å²) in [6.45, 7) is 0.886. The van der Waals surface area contributed by atoms with E-state index in [1.807, 2.05) is 36.4 Å². The van der Waals surface area contributed by atoms with Crippen LogP contribution in [-0.2, 0) is 11.2 Å². The number of carbonyl (C=O) groups excluding carboxylic acids is 1. The molecule has 2 aromatic heterocycles. The van der Waals surface area contributed by atoms with E-state index in [2.05, 4.69) is 25.8 Å². The molecule has 2 N–H and O–H groups in total. The maximum atomic E-state index is 11.9. The molecule has 0 atom stereocenters. The van der Waals surface area contributed by atoms with Gasteiger partial charge in [0.25, 0.3) is 0 Å². The Morgan fingerprint density at radius 2 is 2.12 bits per heavy atom. The van der Waals surface area contributed by atoms with Crippen LogP contribution in [0, 0.1) is 0 Å². The van der Waals surface area contributed by atoms with Crippen molar-refractivity contribution in [3.05, 3.63) is 60.2 Å². The van der Waals surface area contributed by atoms with Crippen molar-refractivity contribution >= 4 is 11.7 Å². The van der Waals surface area contributed by atoms with Crippen LogP contribution in [0.15, 0.2) is 53.3 Å². The zero-order valence-corrected chi connectivity index (χ0v) is 14.3. The summed E-state index contributed by atoms with van der Waals surface area (Å²) >= 11 is 0. The number of anilines is 1. The van der Waals surface area contributed by atoms with Gasteiger partial charge in [0.2, 0.25) is 11.7 Å². The third-order valence-corrected chi connectivity index (χ3v) is 3.59. The Labute approximate surface area is 150 Å². The van der Waals surface area contributed by atoms with Crippen molar-refractivity contribution in [1.29, 1.82) is 0 Å². The van der Waals surface area contributed by atoms with Crippen molar-refractivity contribution in [1.82, 2.24) is 20.4 Å². The van der Waals surface area contributed by atoms with Crippen LogP contribution in [0.5, 0.6) is 0 Å². The van der Waals surface area contributed by atoms with Crippen LogP contribution in [0.3, 0.4) is 0 Å². The van der Waals surface area contributed by atoms with E-state index >= 15 is 0 Å². The Balaban J connectivity index is 1.69. The molecule has 0 aliphatic carbocycles. The van der Waals surface area contributed by atoms with Crippen molar-refractivity contribution in [2.24, 2.45) is 0 Å². The first-order valence-corrected chi connectivity index (χ1v) is 8.11. The number of ether oxygens (including phenoxy) is 1. The number of methoxy groups -OCH3 is 1. The summed E-state index contributed by atoms with van der Waals surface area (Å²) in [5.74, 6) is 0.939. The van der Waals surface area contributed by atoms with Gasteiger partial charge in [-0.1, -0.05) is 23.4 Å². The number of benzene rings is 1. The van der Waals surface area contributed by atoms with Gasteiger partial charge in [0.15, 0.2) is 0 Å². The Kier molecular flexibility index (Phi) is 5.89. The first kappa shape index (κ1) is 17.6. The lowest BCUT2D eigenvalue weighted by atomic mass is 10.1. The molecule has 8 heteroatoms. The Bertz CT molecular complexity index is 851. The van der Waals surface area contributed by atoms with E-state index in [4.69, 9.17) is 9.26 Å². The Hall–Kier alpha value is -3.26. The summed E-state index contributed by atoms with van der Waals surface area (Å²) in [6.07, 6.45) is 3.76. The summed E-state index contributed by atoms with van der Waals surface area (Å²) in [5.41, 5.74) is 2.34. The lowest BCUT2D eigenvalue weighted by Crippen LogP contribution is -2.31. The molecule has 0 saturated carbocycles. The Morgan fingerprint density at radius 1 is 1.23 bits per heavy atom. The lowest BCUT2D eigenvalue weighted by molar-refractivity contribution is 0.198. The molecule has 3 aromatic rings. The quantitative estimate of drug-likeness (QED) is 0.633. The SMILES string of the molecule is COCCNC(=O)Nc1ccccc1Cc1nc(-c2cccnc2)no1. The molecule has 8 nitrogen and oxygen atoms in total. The van der Waals surface area contributed by atoms with Gasteiger partial charge in [-0.3, -0.25) is 4.98 Å². The molecule has 1 aromatic carbocycles. The van der Waals surface area contributed by atoms with Gasteiger partial charge < -0.3 is 19.9 Å². The van der Waals surface area contributed by atoms with E-state index in [0.29, 0.717) is 37.0 Å². The minimum absolute atomic E-state index is 0.295. The van der Waals surface area contributed by atoms with E-state index in [9.17, 15) is 4.79 Å². The van der Waals surface area contributed by atoms with E-state index in [0.717, 1.165) is 11.1 Å². The number of para-hydroxylation sites is 1. The van der Waals surface area contributed by atoms with E-state index in [1.165, 1.54) is 0 Å². The van der Waals surface area contributed by atoms with Gasteiger partial charge in [0.1, 0.15) is 0 Å². The molecule has 0 unspecified atom stereocenters. The number of hydrogen-bond donors (Lipinski definition) is 2. The standard InChI is InChI=1S/C18H19N5O3/c1-25-10-9-20-18(24)21-15-7-3-2-5-13(15)11-16-22-17(23-26-16)14-6-4-8-19-12-14/h2-8,12H,9-11H2,1H3,(H2,20,21,24). The second kappa shape index (κ2) is 8.72. The second-order valence-electron chi connectivity index (χ2n) is 5.46. The molecule has 3 rings (SSSR count). The third kappa shape index (κ3) is 4.64. The van der Waals surface area contributed by atoms with Crippen LogP contribution < -0.4 is 10.6 Å². The molecule has 134 valence electrons. The highest BCUT2D eigenvalue weighted by atomic mass is 16.5. The van der Waals surface area contributed by atoms with Crippen LogP contribution in [0.2, 0.25) is 0 Å². The van der Waals surface area contributed by atoms with Gasteiger partial charge in [-0.05, 0) is 23.8 Å². The van der Waals surface area contributed by atoms with Crippen LogP contribution in [0.1, 0.15) is 11.5 Å². The van der Waals surface area contributed by atoms with Gasteiger partial charge in [0, 0.05) is 37.3 Å². The maximum absolute atomic E-state index is 11.9. The average Bonchev–Trinajstić information content (AvgIpc) is 3.13. The van der Waals surface area contributed by atoms with Crippen LogP contribution in [0.25, 0.3) is 11.4 Å². The minimum Gasteiger partial charge on any atom is -0.383 e. The summed E-state index contributed by atoms with van der Waals surface area (Å²) in [4.78, 5) is 20.4. The van der Waals surface area contributed by atoms with Gasteiger partial charge in [-0.15, -0.1) is 0 Å². The number of nitrogens with zero attached hydrogens (tertiary/aromatic N) is 3. The highest BCUT2D eigenvalue weighted by Crippen LogP contribution is 2.20. The molecular formula is C18H19N5O3. The summed E-state index contributed by atoms with van der Waals surface area (Å²) in [7, 11) is 1.58. The summed E-state index contributed by atoms with van der Waals surface area (Å²) in [6, 6.07) is 10.8. The summed E-state index contributed by atoms with van der Waals surface area (Å²) < 4.78 is 10.2. The van der Waals surface area contributed by atoms with E-state index < -0.39 is 0 Å². The fraction of sp³-hybridized carbons (Fsp3) is 0.222. The minimum atomic E-state index is -0.295. The van der Waals surface area contributed by atoms with Gasteiger partial charge in [-0.25, -0.2) is 4.79 Å². The number of urea groups is 1. The highest BCUT2D eigenvalue weighted by molar-refractivity contribution is 5.90. The van der Waals surface area contributed by atoms with Crippen LogP contribution in [0.4, 0.5) is 10.5 Å². The lowest BCUT2D eigenvalue weighted by Gasteiger charge is -2.10. The summed E-state index contributed by atoms with van der Waals surface area (Å²) in [5, 5.41) is 9.52. The number of nitrogens with one attached hydrogen (secondary N) is 2. The van der Waals surface area contributed by atoms with Gasteiger partial charge >= 0.3 is 6.03 Å². The fourth-order valence-corrected chi connectivity index (χ4v) is 2.33. The Morgan fingerprint density at radius 3 is 2.92 bits per heavy atom. The van der Waals surface area contributed by atoms with Gasteiger partial charge in [0.05, 0.1) is 13.0 Å². The molecule has 2 heterocycles. The topological polar surface area (TPSA) is 102 Å². The number of rotatable bonds is 7. The van der Waals surface area contributed by atoms with Crippen molar-refractivity contribution < 1.29 is 14.1 Å². The molecule has 0 aliphatic rings.